The molecular weight excluding hydrogens is 204 g/mol. The van der Waals surface area contributed by atoms with Gasteiger partial charge in [0.25, 0.3) is 0 Å². The molecule has 1 saturated carbocycles. The van der Waals surface area contributed by atoms with Crippen LogP contribution in [0.4, 0.5) is 0 Å². The van der Waals surface area contributed by atoms with Crippen molar-refractivity contribution in [3.8, 4) is 0 Å². The summed E-state index contributed by atoms with van der Waals surface area (Å²) in [6.07, 6.45) is 5.23. The van der Waals surface area contributed by atoms with Gasteiger partial charge in [0.1, 0.15) is 5.78 Å². The fourth-order valence-electron chi connectivity index (χ4n) is 2.24. The van der Waals surface area contributed by atoms with Crippen molar-refractivity contribution < 1.29 is 14.7 Å². The van der Waals surface area contributed by atoms with Crippen molar-refractivity contribution in [3.63, 3.8) is 0 Å². The molecule has 0 saturated heterocycles. The van der Waals surface area contributed by atoms with Gasteiger partial charge in [0.05, 0.1) is 0 Å². The average molecular weight is 224 g/mol. The third-order valence-corrected chi connectivity index (χ3v) is 3.46. The minimum absolute atomic E-state index is 0.0471. The lowest BCUT2D eigenvalue weighted by Crippen LogP contribution is -2.17. The number of carboxylic acid groups (broad SMARTS) is 1. The summed E-state index contributed by atoms with van der Waals surface area (Å²) in [4.78, 5) is 22.3. The Bertz CT molecular complexity index is 304. The third-order valence-electron chi connectivity index (χ3n) is 3.46. The second-order valence-electron chi connectivity index (χ2n) is 4.61. The van der Waals surface area contributed by atoms with Crippen LogP contribution in [0.5, 0.6) is 0 Å². The first-order valence-corrected chi connectivity index (χ1v) is 5.94. The number of ketones is 1. The molecule has 0 aromatic rings. The second-order valence-corrected chi connectivity index (χ2v) is 4.61. The molecule has 1 aliphatic rings. The quantitative estimate of drug-likeness (QED) is 0.730. The number of rotatable bonds is 5. The molecule has 1 rings (SSSR count). The zero-order valence-electron chi connectivity index (χ0n) is 10.0. The molecule has 2 atom stereocenters. The first kappa shape index (κ1) is 12.9. The Morgan fingerprint density at radius 2 is 2.25 bits per heavy atom. The van der Waals surface area contributed by atoms with Crippen LogP contribution in [0.15, 0.2) is 11.6 Å². The summed E-state index contributed by atoms with van der Waals surface area (Å²) >= 11 is 0. The molecule has 0 amide bonds. The van der Waals surface area contributed by atoms with E-state index < -0.39 is 5.97 Å². The molecule has 1 aliphatic carbocycles. The van der Waals surface area contributed by atoms with Crippen LogP contribution in [0.25, 0.3) is 0 Å². The molecule has 0 aromatic carbocycles. The lowest BCUT2D eigenvalue weighted by Gasteiger charge is -2.14. The maximum absolute atomic E-state index is 11.6. The summed E-state index contributed by atoms with van der Waals surface area (Å²) in [5.74, 6) is -0.559. The molecule has 0 heterocycles. The van der Waals surface area contributed by atoms with Gasteiger partial charge in [-0.2, -0.15) is 0 Å². The third kappa shape index (κ3) is 3.47. The van der Waals surface area contributed by atoms with Gasteiger partial charge in [-0.25, -0.2) is 0 Å². The van der Waals surface area contributed by atoms with Gasteiger partial charge in [0.2, 0.25) is 0 Å². The topological polar surface area (TPSA) is 54.4 Å². The van der Waals surface area contributed by atoms with Gasteiger partial charge in [-0.05, 0) is 32.1 Å². The standard InChI is InChI=1S/C13H20O3/c1-3-9(2)4-6-11-10(8-13(15)16)5-7-12(11)14/h4,10-11H,3,5-8H2,1-2H3,(H,15,16). The van der Waals surface area contributed by atoms with Crippen molar-refractivity contribution in [2.75, 3.05) is 0 Å². The van der Waals surface area contributed by atoms with Crippen LogP contribution in [-0.4, -0.2) is 16.9 Å². The summed E-state index contributed by atoms with van der Waals surface area (Å²) < 4.78 is 0. The number of Topliss-reactive ketones (excluding diaryl/α,β-unsaturated/α-hetero) is 1. The van der Waals surface area contributed by atoms with E-state index >= 15 is 0 Å². The van der Waals surface area contributed by atoms with Crippen LogP contribution in [0, 0.1) is 11.8 Å². The molecule has 0 radical (unpaired) electrons. The highest BCUT2D eigenvalue weighted by Crippen LogP contribution is 2.34. The van der Waals surface area contributed by atoms with Crippen molar-refractivity contribution in [2.24, 2.45) is 11.8 Å². The number of hydrogen-bond acceptors (Lipinski definition) is 2. The van der Waals surface area contributed by atoms with E-state index in [-0.39, 0.29) is 24.0 Å². The predicted octanol–water partition coefficient (Wildman–Crippen LogP) is 2.80. The smallest absolute Gasteiger partial charge is 0.303 e. The van der Waals surface area contributed by atoms with E-state index in [1.54, 1.807) is 0 Å². The summed E-state index contributed by atoms with van der Waals surface area (Å²) in [7, 11) is 0. The van der Waals surface area contributed by atoms with Crippen molar-refractivity contribution in [1.82, 2.24) is 0 Å². The molecule has 2 unspecified atom stereocenters. The van der Waals surface area contributed by atoms with Gasteiger partial charge in [-0.3, -0.25) is 9.59 Å². The first-order chi connectivity index (χ1) is 7.54. The number of carbonyl (C=O) groups excluding carboxylic acids is 1. The van der Waals surface area contributed by atoms with E-state index in [9.17, 15) is 9.59 Å². The molecule has 0 aromatic heterocycles. The van der Waals surface area contributed by atoms with Crippen LogP contribution in [0.1, 0.15) is 46.0 Å². The van der Waals surface area contributed by atoms with E-state index in [0.717, 1.165) is 19.3 Å². The molecular formula is C13H20O3. The molecule has 0 aliphatic heterocycles. The molecule has 90 valence electrons. The van der Waals surface area contributed by atoms with Crippen LogP contribution in [-0.2, 0) is 9.59 Å². The Kier molecular flexibility index (Phi) is 4.71. The maximum atomic E-state index is 11.6. The normalized spacial score (nSPS) is 26.1. The van der Waals surface area contributed by atoms with Crippen LogP contribution in [0.2, 0.25) is 0 Å². The SMILES string of the molecule is CCC(C)=CCC1C(=O)CCC1CC(=O)O. The highest BCUT2D eigenvalue weighted by atomic mass is 16.4. The number of carbonyl (C=O) groups is 2. The van der Waals surface area contributed by atoms with Gasteiger partial charge >= 0.3 is 5.97 Å². The van der Waals surface area contributed by atoms with Crippen molar-refractivity contribution >= 4 is 11.8 Å². The monoisotopic (exact) mass is 224 g/mol. The largest absolute Gasteiger partial charge is 0.481 e. The number of aliphatic carboxylic acids is 1. The van der Waals surface area contributed by atoms with Crippen LogP contribution < -0.4 is 0 Å². The summed E-state index contributed by atoms with van der Waals surface area (Å²) in [5, 5.41) is 8.77. The molecule has 1 N–H and O–H groups in total. The molecule has 1 fully saturated rings. The Morgan fingerprint density at radius 1 is 1.56 bits per heavy atom. The van der Waals surface area contributed by atoms with Gasteiger partial charge < -0.3 is 5.11 Å². The average Bonchev–Trinajstić information content (AvgIpc) is 2.56. The van der Waals surface area contributed by atoms with E-state index in [2.05, 4.69) is 13.0 Å². The lowest BCUT2D eigenvalue weighted by molar-refractivity contribution is -0.138. The lowest BCUT2D eigenvalue weighted by atomic mass is 9.89. The Morgan fingerprint density at radius 3 is 2.81 bits per heavy atom. The molecule has 0 spiro atoms. The van der Waals surface area contributed by atoms with E-state index in [0.29, 0.717) is 6.42 Å². The minimum Gasteiger partial charge on any atom is -0.481 e. The number of allylic oxidation sites excluding steroid dienone is 2. The summed E-state index contributed by atoms with van der Waals surface area (Å²) in [6, 6.07) is 0. The number of hydrogen-bond donors (Lipinski definition) is 1. The summed E-state index contributed by atoms with van der Waals surface area (Å²) in [6.45, 7) is 4.13. The summed E-state index contributed by atoms with van der Waals surface area (Å²) in [5.41, 5.74) is 1.27. The molecule has 0 bridgehead atoms. The highest BCUT2D eigenvalue weighted by molar-refractivity contribution is 5.84. The van der Waals surface area contributed by atoms with E-state index in [1.807, 2.05) is 6.92 Å². The second kappa shape index (κ2) is 5.83. The van der Waals surface area contributed by atoms with Gasteiger partial charge in [-0.1, -0.05) is 18.6 Å². The van der Waals surface area contributed by atoms with Crippen molar-refractivity contribution in [3.05, 3.63) is 11.6 Å². The maximum Gasteiger partial charge on any atom is 0.303 e. The van der Waals surface area contributed by atoms with Crippen LogP contribution >= 0.6 is 0 Å². The van der Waals surface area contributed by atoms with Gasteiger partial charge in [-0.15, -0.1) is 0 Å². The molecule has 16 heavy (non-hydrogen) atoms. The van der Waals surface area contributed by atoms with Crippen LogP contribution in [0.3, 0.4) is 0 Å². The van der Waals surface area contributed by atoms with E-state index in [4.69, 9.17) is 5.11 Å². The van der Waals surface area contributed by atoms with Crippen molar-refractivity contribution in [1.29, 1.82) is 0 Å². The fraction of sp³-hybridized carbons (Fsp3) is 0.692. The minimum atomic E-state index is -0.791. The fourth-order valence-corrected chi connectivity index (χ4v) is 2.24. The predicted molar refractivity (Wildman–Crippen MR) is 62.1 cm³/mol. The Labute approximate surface area is 96.5 Å². The zero-order valence-corrected chi connectivity index (χ0v) is 10.0. The Hall–Kier alpha value is -1.12. The zero-order chi connectivity index (χ0) is 12.1. The molecule has 3 nitrogen and oxygen atoms in total. The first-order valence-electron chi connectivity index (χ1n) is 5.94. The van der Waals surface area contributed by atoms with Gasteiger partial charge in [0.15, 0.2) is 0 Å². The van der Waals surface area contributed by atoms with Gasteiger partial charge in [0, 0.05) is 18.8 Å². The Balaban J connectivity index is 2.59. The van der Waals surface area contributed by atoms with E-state index in [1.165, 1.54) is 5.57 Å². The molecule has 3 heteroatoms. The highest BCUT2D eigenvalue weighted by Gasteiger charge is 2.34. The van der Waals surface area contributed by atoms with Crippen molar-refractivity contribution in [2.45, 2.75) is 46.0 Å². The number of carboxylic acids is 1.